The van der Waals surface area contributed by atoms with Crippen LogP contribution in [0, 0.1) is 6.92 Å². The third-order valence-electron chi connectivity index (χ3n) is 1.35. The van der Waals surface area contributed by atoms with Gasteiger partial charge in [-0.1, -0.05) is 32.6 Å². The fourth-order valence-electron chi connectivity index (χ4n) is 0.779. The predicted octanol–water partition coefficient (Wildman–Crippen LogP) is 3.13. The lowest BCUT2D eigenvalue weighted by molar-refractivity contribution is 0.330. The fourth-order valence-corrected chi connectivity index (χ4v) is 0.779. The maximum absolute atomic E-state index is 12.1. The molecule has 0 spiro atoms. The van der Waals surface area contributed by atoms with Crippen LogP contribution in [-0.2, 0) is 0 Å². The maximum Gasteiger partial charge on any atom is 0.0973 e. The fraction of sp³-hybridized carbons (Fsp3) is 0.875. The Labute approximate surface area is 57.5 Å². The van der Waals surface area contributed by atoms with Crippen LogP contribution < -0.4 is 0 Å². The second-order valence-electron chi connectivity index (χ2n) is 2.48. The highest BCUT2D eigenvalue weighted by atomic mass is 19.1. The van der Waals surface area contributed by atoms with Gasteiger partial charge in [-0.2, -0.15) is 0 Å². The van der Waals surface area contributed by atoms with Crippen molar-refractivity contribution >= 4 is 0 Å². The molecule has 0 saturated carbocycles. The molecule has 0 saturated heterocycles. The highest BCUT2D eigenvalue weighted by Gasteiger charge is 1.95. The minimum absolute atomic E-state index is 0.616. The van der Waals surface area contributed by atoms with Gasteiger partial charge < -0.3 is 0 Å². The molecular weight excluding hydrogens is 115 g/mol. The van der Waals surface area contributed by atoms with Crippen LogP contribution in [0.1, 0.15) is 39.0 Å². The summed E-state index contributed by atoms with van der Waals surface area (Å²) in [5, 5.41) is 0. The van der Waals surface area contributed by atoms with Crippen LogP contribution in [0.3, 0.4) is 0 Å². The summed E-state index contributed by atoms with van der Waals surface area (Å²) in [4.78, 5) is 0. The van der Waals surface area contributed by atoms with E-state index in [2.05, 4.69) is 6.92 Å². The first kappa shape index (κ1) is 8.93. The molecule has 0 nitrogen and oxygen atoms in total. The molecule has 0 rings (SSSR count). The van der Waals surface area contributed by atoms with Crippen molar-refractivity contribution in [2.24, 2.45) is 0 Å². The summed E-state index contributed by atoms with van der Waals surface area (Å²) in [7, 11) is 0. The molecule has 0 aliphatic carbocycles. The first-order chi connectivity index (χ1) is 4.27. The topological polar surface area (TPSA) is 0 Å². The zero-order valence-corrected chi connectivity index (χ0v) is 6.20. The molecule has 0 aromatic carbocycles. The van der Waals surface area contributed by atoms with Crippen LogP contribution >= 0.6 is 0 Å². The molecule has 0 aliphatic rings. The minimum Gasteiger partial charge on any atom is -0.248 e. The average Bonchev–Trinajstić information content (AvgIpc) is 1.80. The van der Waals surface area contributed by atoms with Gasteiger partial charge in [0.15, 0.2) is 0 Å². The van der Waals surface area contributed by atoms with Crippen LogP contribution in [0.15, 0.2) is 0 Å². The van der Waals surface area contributed by atoms with Crippen LogP contribution in [0.25, 0.3) is 0 Å². The average molecular weight is 131 g/mol. The van der Waals surface area contributed by atoms with Crippen LogP contribution in [0.2, 0.25) is 0 Å². The molecule has 0 amide bonds. The summed E-state index contributed by atoms with van der Waals surface area (Å²) in [6.45, 7) is 5.32. The zero-order chi connectivity index (χ0) is 7.11. The van der Waals surface area contributed by atoms with E-state index in [1.54, 1.807) is 6.92 Å². The standard InChI is InChI=1S/C8H16F/c1-3-4-5-6-7-8(2)9/h8H,1,3-7H2,2H3. The third-order valence-corrected chi connectivity index (χ3v) is 1.35. The lowest BCUT2D eigenvalue weighted by atomic mass is 10.1. The van der Waals surface area contributed by atoms with Crippen molar-refractivity contribution in [1.29, 1.82) is 0 Å². The monoisotopic (exact) mass is 131 g/mol. The van der Waals surface area contributed by atoms with Gasteiger partial charge in [-0.15, -0.1) is 0 Å². The van der Waals surface area contributed by atoms with Gasteiger partial charge in [-0.25, -0.2) is 4.39 Å². The summed E-state index contributed by atoms with van der Waals surface area (Å²) >= 11 is 0. The smallest absolute Gasteiger partial charge is 0.0973 e. The van der Waals surface area contributed by atoms with E-state index in [1.807, 2.05) is 0 Å². The predicted molar refractivity (Wildman–Crippen MR) is 39.0 cm³/mol. The number of halogens is 1. The van der Waals surface area contributed by atoms with Gasteiger partial charge in [0, 0.05) is 0 Å². The van der Waals surface area contributed by atoms with Crippen LogP contribution in [-0.4, -0.2) is 6.17 Å². The van der Waals surface area contributed by atoms with Gasteiger partial charge in [0.25, 0.3) is 0 Å². The Morgan fingerprint density at radius 2 is 2.00 bits per heavy atom. The van der Waals surface area contributed by atoms with Crippen molar-refractivity contribution in [1.82, 2.24) is 0 Å². The zero-order valence-electron chi connectivity index (χ0n) is 6.20. The molecule has 0 bridgehead atoms. The van der Waals surface area contributed by atoms with E-state index in [1.165, 1.54) is 0 Å². The lowest BCUT2D eigenvalue weighted by Crippen LogP contribution is -1.90. The van der Waals surface area contributed by atoms with E-state index >= 15 is 0 Å². The quantitative estimate of drug-likeness (QED) is 0.503. The van der Waals surface area contributed by atoms with Crippen LogP contribution in [0.5, 0.6) is 0 Å². The van der Waals surface area contributed by atoms with Crippen molar-refractivity contribution in [3.63, 3.8) is 0 Å². The lowest BCUT2D eigenvalue weighted by Gasteiger charge is -1.99. The highest BCUT2D eigenvalue weighted by Crippen LogP contribution is 2.06. The van der Waals surface area contributed by atoms with E-state index in [0.29, 0.717) is 0 Å². The Hall–Kier alpha value is -0.0700. The Balaban J connectivity index is 2.75. The number of alkyl halides is 1. The molecule has 0 aliphatic heterocycles. The first-order valence-corrected chi connectivity index (χ1v) is 3.70. The van der Waals surface area contributed by atoms with Gasteiger partial charge in [0.1, 0.15) is 0 Å². The van der Waals surface area contributed by atoms with Crippen molar-refractivity contribution in [2.75, 3.05) is 0 Å². The van der Waals surface area contributed by atoms with Gasteiger partial charge >= 0.3 is 0 Å². The van der Waals surface area contributed by atoms with E-state index in [0.717, 1.165) is 32.1 Å². The number of hydrogen-bond donors (Lipinski definition) is 0. The van der Waals surface area contributed by atoms with E-state index < -0.39 is 6.17 Å². The van der Waals surface area contributed by atoms with Crippen molar-refractivity contribution in [3.05, 3.63) is 6.92 Å². The summed E-state index contributed by atoms with van der Waals surface area (Å²) in [6.07, 6.45) is 4.40. The Morgan fingerprint density at radius 1 is 1.33 bits per heavy atom. The molecule has 0 fully saturated rings. The SMILES string of the molecule is [CH2]CCCCCC(C)F. The third kappa shape index (κ3) is 7.93. The summed E-state index contributed by atoms with van der Waals surface area (Å²) < 4.78 is 12.1. The summed E-state index contributed by atoms with van der Waals surface area (Å²) in [6, 6.07) is 0. The Morgan fingerprint density at radius 3 is 2.44 bits per heavy atom. The van der Waals surface area contributed by atoms with Crippen LogP contribution in [0.4, 0.5) is 4.39 Å². The molecule has 1 atom stereocenters. The molecule has 9 heavy (non-hydrogen) atoms. The normalized spacial score (nSPS) is 13.7. The molecule has 0 aromatic heterocycles. The van der Waals surface area contributed by atoms with Gasteiger partial charge in [0.2, 0.25) is 0 Å². The van der Waals surface area contributed by atoms with Crippen molar-refractivity contribution < 1.29 is 4.39 Å². The first-order valence-electron chi connectivity index (χ1n) is 3.70. The summed E-state index contributed by atoms with van der Waals surface area (Å²) in [5.74, 6) is 0. The molecule has 0 aromatic rings. The second kappa shape index (κ2) is 6.06. The second-order valence-corrected chi connectivity index (χ2v) is 2.48. The molecule has 1 heteroatoms. The van der Waals surface area contributed by atoms with Gasteiger partial charge in [-0.05, 0) is 13.3 Å². The van der Waals surface area contributed by atoms with E-state index in [9.17, 15) is 4.39 Å². The number of hydrogen-bond acceptors (Lipinski definition) is 0. The highest BCUT2D eigenvalue weighted by molar-refractivity contribution is 4.49. The van der Waals surface area contributed by atoms with Crippen molar-refractivity contribution in [3.8, 4) is 0 Å². The molecule has 0 heterocycles. The molecular formula is C8H16F. The molecule has 0 N–H and O–H groups in total. The Kier molecular flexibility index (Phi) is 6.01. The number of unbranched alkanes of at least 4 members (excludes halogenated alkanes) is 3. The van der Waals surface area contributed by atoms with Gasteiger partial charge in [0.05, 0.1) is 6.17 Å². The van der Waals surface area contributed by atoms with Crippen molar-refractivity contribution in [2.45, 2.75) is 45.2 Å². The van der Waals surface area contributed by atoms with E-state index in [4.69, 9.17) is 0 Å². The largest absolute Gasteiger partial charge is 0.248 e. The Bertz CT molecular complexity index is 50.5. The molecule has 1 radical (unpaired) electrons. The molecule has 55 valence electrons. The minimum atomic E-state index is -0.616. The van der Waals surface area contributed by atoms with Gasteiger partial charge in [-0.3, -0.25) is 0 Å². The number of rotatable bonds is 5. The summed E-state index contributed by atoms with van der Waals surface area (Å²) in [5.41, 5.74) is 0. The molecule has 1 unspecified atom stereocenters. The maximum atomic E-state index is 12.1. The van der Waals surface area contributed by atoms with E-state index in [-0.39, 0.29) is 0 Å².